The van der Waals surface area contributed by atoms with Crippen molar-refractivity contribution in [3.05, 3.63) is 80.4 Å². The van der Waals surface area contributed by atoms with Gasteiger partial charge in [0.15, 0.2) is 5.82 Å². The first kappa shape index (κ1) is 23.2. The van der Waals surface area contributed by atoms with Crippen LogP contribution in [0.4, 0.5) is 17.2 Å². The average molecular weight is 484 g/mol. The second kappa shape index (κ2) is 9.11. The Balaban J connectivity index is 1.52. The van der Waals surface area contributed by atoms with Gasteiger partial charge in [-0.25, -0.2) is 8.42 Å². The molecule has 0 atom stereocenters. The summed E-state index contributed by atoms with van der Waals surface area (Å²) in [5, 5.41) is 31.1. The third-order valence-electron chi connectivity index (χ3n) is 5.64. The molecule has 2 aromatic carbocycles. The fourth-order valence-corrected chi connectivity index (χ4v) is 5.21. The van der Waals surface area contributed by atoms with E-state index in [1.54, 1.807) is 0 Å². The van der Waals surface area contributed by atoms with E-state index in [0.29, 0.717) is 24.6 Å². The third kappa shape index (κ3) is 4.43. The Morgan fingerprint density at radius 3 is 1.94 bits per heavy atom. The van der Waals surface area contributed by atoms with Crippen LogP contribution >= 0.6 is 0 Å². The van der Waals surface area contributed by atoms with Crippen molar-refractivity contribution in [1.82, 2.24) is 14.5 Å². The van der Waals surface area contributed by atoms with Gasteiger partial charge < -0.3 is 4.90 Å². The fraction of sp³-hybridized carbons (Fsp3) is 0.238. The molecule has 1 fully saturated rings. The highest BCUT2D eigenvalue weighted by atomic mass is 32.2. The molecule has 0 spiro atoms. The van der Waals surface area contributed by atoms with Gasteiger partial charge >= 0.3 is 0 Å². The summed E-state index contributed by atoms with van der Waals surface area (Å²) >= 11 is 0. The molecule has 0 saturated carbocycles. The zero-order valence-corrected chi connectivity index (χ0v) is 18.9. The molecular formula is C21H20N6O6S. The highest BCUT2D eigenvalue weighted by Crippen LogP contribution is 2.33. The number of anilines is 1. The Kier molecular flexibility index (Phi) is 6.22. The number of nitrogens with zero attached hydrogens (tertiary/aromatic N) is 6. The number of hydrogen-bond donors (Lipinski definition) is 0. The maximum atomic E-state index is 13.1. The molecule has 0 bridgehead atoms. The minimum Gasteiger partial charge on any atom is -0.352 e. The van der Waals surface area contributed by atoms with Gasteiger partial charge in [0.2, 0.25) is 10.0 Å². The van der Waals surface area contributed by atoms with Crippen LogP contribution in [0, 0.1) is 27.2 Å². The van der Waals surface area contributed by atoms with Gasteiger partial charge in [-0.05, 0) is 19.1 Å². The molecular weight excluding hydrogens is 464 g/mol. The number of nitro benzene ring substituents is 2. The SMILES string of the molecule is Cc1c([N+](=O)[O-])cc(S(=O)(=O)N2CCN(c3ccc(-c4ccccc4)nn3)CC2)cc1[N+](=O)[O-]. The molecule has 34 heavy (non-hydrogen) atoms. The van der Waals surface area contributed by atoms with E-state index in [4.69, 9.17) is 0 Å². The standard InChI is InChI=1S/C21H20N6O6S/c1-15-19(26(28)29)13-17(14-20(15)27(30)31)34(32,33)25-11-9-24(10-12-25)21-8-7-18(22-23-21)16-5-3-2-4-6-16/h2-8,13-14H,9-12H2,1H3. The van der Waals surface area contributed by atoms with Crippen LogP contribution in [-0.4, -0.2) is 58.9 Å². The number of sulfonamides is 1. The quantitative estimate of drug-likeness (QED) is 0.379. The lowest BCUT2D eigenvalue weighted by molar-refractivity contribution is -0.395. The van der Waals surface area contributed by atoms with Crippen LogP contribution in [0.3, 0.4) is 0 Å². The van der Waals surface area contributed by atoms with Gasteiger partial charge in [-0.2, -0.15) is 4.31 Å². The molecule has 0 aliphatic carbocycles. The topological polar surface area (TPSA) is 153 Å². The molecule has 13 heteroatoms. The Morgan fingerprint density at radius 2 is 1.44 bits per heavy atom. The largest absolute Gasteiger partial charge is 0.352 e. The molecule has 1 aromatic heterocycles. The molecule has 4 rings (SSSR count). The van der Waals surface area contributed by atoms with E-state index in [1.165, 1.54) is 6.92 Å². The highest BCUT2D eigenvalue weighted by Gasteiger charge is 2.33. The first-order valence-corrected chi connectivity index (χ1v) is 11.7. The monoisotopic (exact) mass is 484 g/mol. The minimum atomic E-state index is -4.18. The number of aromatic nitrogens is 2. The molecule has 0 N–H and O–H groups in total. The van der Waals surface area contributed by atoms with Gasteiger partial charge in [0.05, 0.1) is 20.4 Å². The van der Waals surface area contributed by atoms with Crippen LogP contribution in [0.25, 0.3) is 11.3 Å². The molecule has 0 unspecified atom stereocenters. The molecule has 2 heterocycles. The summed E-state index contributed by atoms with van der Waals surface area (Å²) in [5.74, 6) is 0.596. The van der Waals surface area contributed by atoms with Gasteiger partial charge in [-0.3, -0.25) is 20.2 Å². The summed E-state index contributed by atoms with van der Waals surface area (Å²) in [5.41, 5.74) is 0.226. The molecule has 3 aromatic rings. The van der Waals surface area contributed by atoms with Crippen molar-refractivity contribution in [1.29, 1.82) is 0 Å². The zero-order chi connectivity index (χ0) is 24.5. The average Bonchev–Trinajstić information content (AvgIpc) is 2.84. The molecule has 1 aliphatic heterocycles. The third-order valence-corrected chi connectivity index (χ3v) is 7.52. The van der Waals surface area contributed by atoms with E-state index in [1.807, 2.05) is 47.4 Å². The first-order chi connectivity index (χ1) is 16.2. The normalized spacial score (nSPS) is 14.7. The molecule has 0 radical (unpaired) electrons. The van der Waals surface area contributed by atoms with E-state index in [-0.39, 0.29) is 18.7 Å². The van der Waals surface area contributed by atoms with Gasteiger partial charge in [0, 0.05) is 43.9 Å². The molecule has 0 amide bonds. The summed E-state index contributed by atoms with van der Waals surface area (Å²) in [6.07, 6.45) is 0. The van der Waals surface area contributed by atoms with E-state index in [9.17, 15) is 28.6 Å². The molecule has 1 aliphatic rings. The summed E-state index contributed by atoms with van der Waals surface area (Å²) in [6, 6.07) is 15.0. The van der Waals surface area contributed by atoms with Gasteiger partial charge in [-0.1, -0.05) is 30.3 Å². The number of benzene rings is 2. The van der Waals surface area contributed by atoms with E-state index < -0.39 is 36.1 Å². The van der Waals surface area contributed by atoms with Gasteiger partial charge in [0.1, 0.15) is 5.56 Å². The van der Waals surface area contributed by atoms with Crippen LogP contribution in [0.1, 0.15) is 5.56 Å². The lowest BCUT2D eigenvalue weighted by Crippen LogP contribution is -2.49. The van der Waals surface area contributed by atoms with Crippen molar-refractivity contribution in [3.63, 3.8) is 0 Å². The molecule has 176 valence electrons. The van der Waals surface area contributed by atoms with Gasteiger partial charge in [0.25, 0.3) is 11.4 Å². The van der Waals surface area contributed by atoms with E-state index in [0.717, 1.165) is 22.0 Å². The summed E-state index contributed by atoms with van der Waals surface area (Å²) in [7, 11) is -4.18. The van der Waals surface area contributed by atoms with Crippen molar-refractivity contribution in [2.24, 2.45) is 0 Å². The molecule has 12 nitrogen and oxygen atoms in total. The maximum Gasteiger partial charge on any atom is 0.280 e. The Hall–Kier alpha value is -3.97. The van der Waals surface area contributed by atoms with Gasteiger partial charge in [-0.15, -0.1) is 10.2 Å². The van der Waals surface area contributed by atoms with Crippen molar-refractivity contribution in [3.8, 4) is 11.3 Å². The van der Waals surface area contributed by atoms with Crippen molar-refractivity contribution in [2.75, 3.05) is 31.1 Å². The summed E-state index contributed by atoms with van der Waals surface area (Å²) in [6.45, 7) is 2.01. The lowest BCUT2D eigenvalue weighted by atomic mass is 10.1. The van der Waals surface area contributed by atoms with Crippen molar-refractivity contribution in [2.45, 2.75) is 11.8 Å². The Morgan fingerprint density at radius 1 is 0.853 bits per heavy atom. The van der Waals surface area contributed by atoms with Crippen molar-refractivity contribution >= 4 is 27.2 Å². The second-order valence-electron chi connectivity index (χ2n) is 7.63. The van der Waals surface area contributed by atoms with Crippen molar-refractivity contribution < 1.29 is 18.3 Å². The minimum absolute atomic E-state index is 0.0833. The van der Waals surface area contributed by atoms with Crippen LogP contribution in [0.5, 0.6) is 0 Å². The second-order valence-corrected chi connectivity index (χ2v) is 9.57. The van der Waals surface area contributed by atoms with Crippen LogP contribution in [-0.2, 0) is 10.0 Å². The molecule has 1 saturated heterocycles. The zero-order valence-electron chi connectivity index (χ0n) is 18.1. The number of rotatable bonds is 6. The number of nitro groups is 2. The Bertz CT molecular complexity index is 1300. The predicted molar refractivity (Wildman–Crippen MR) is 123 cm³/mol. The van der Waals surface area contributed by atoms with Crippen LogP contribution in [0.2, 0.25) is 0 Å². The first-order valence-electron chi connectivity index (χ1n) is 10.3. The van der Waals surface area contributed by atoms with Crippen LogP contribution in [0.15, 0.2) is 59.5 Å². The maximum absolute atomic E-state index is 13.1. The number of hydrogen-bond acceptors (Lipinski definition) is 9. The van der Waals surface area contributed by atoms with E-state index >= 15 is 0 Å². The van der Waals surface area contributed by atoms with Crippen LogP contribution < -0.4 is 4.90 Å². The van der Waals surface area contributed by atoms with E-state index in [2.05, 4.69) is 10.2 Å². The summed E-state index contributed by atoms with van der Waals surface area (Å²) < 4.78 is 27.4. The smallest absolute Gasteiger partial charge is 0.280 e. The lowest BCUT2D eigenvalue weighted by Gasteiger charge is -2.34. The number of piperazine rings is 1. The predicted octanol–water partition coefficient (Wildman–Crippen LogP) is 2.78. The Labute approximate surface area is 194 Å². The summed E-state index contributed by atoms with van der Waals surface area (Å²) in [4.78, 5) is 22.4. The highest BCUT2D eigenvalue weighted by molar-refractivity contribution is 7.89. The fourth-order valence-electron chi connectivity index (χ4n) is 3.75.